The number of benzene rings is 1. The van der Waals surface area contributed by atoms with Gasteiger partial charge in [0.2, 0.25) is 0 Å². The average Bonchev–Trinajstić information content (AvgIpc) is 2.62. The van der Waals surface area contributed by atoms with E-state index in [1.54, 1.807) is 6.20 Å². The van der Waals surface area contributed by atoms with Crippen LogP contribution in [0.3, 0.4) is 0 Å². The first kappa shape index (κ1) is 8.05. The highest BCUT2D eigenvalue weighted by Gasteiger charge is 2.01. The molecule has 0 N–H and O–H groups in total. The number of hydrogen-bond donors (Lipinski definition) is 0. The minimum Gasteiger partial charge on any atom is -0.240 e. The minimum atomic E-state index is 1.13. The highest BCUT2D eigenvalue weighted by Crippen LogP contribution is 2.15. The highest BCUT2D eigenvalue weighted by atomic mass is 15.3. The maximum atomic E-state index is 4.15. The fourth-order valence-electron chi connectivity index (χ4n) is 1.35. The van der Waals surface area contributed by atoms with E-state index in [4.69, 9.17) is 0 Å². The van der Waals surface area contributed by atoms with E-state index in [0.29, 0.717) is 0 Å². The van der Waals surface area contributed by atoms with Crippen LogP contribution in [0.5, 0.6) is 0 Å². The van der Waals surface area contributed by atoms with Crippen molar-refractivity contribution in [2.45, 2.75) is 13.8 Å². The lowest BCUT2D eigenvalue weighted by atomic mass is 10.1. The Balaban J connectivity index is 2.59. The molecule has 0 aliphatic heterocycles. The van der Waals surface area contributed by atoms with Gasteiger partial charge in [0.05, 0.1) is 11.9 Å². The Bertz CT molecular complexity index is 402. The van der Waals surface area contributed by atoms with Gasteiger partial charge in [-0.3, -0.25) is 0 Å². The second kappa shape index (κ2) is 3.05. The SMILES string of the molecule is Cc1cccc(-n2c[c]cn2)c1C. The van der Waals surface area contributed by atoms with Crippen molar-refractivity contribution in [2.24, 2.45) is 0 Å². The predicted octanol–water partition coefficient (Wildman–Crippen LogP) is 2.29. The molecule has 0 saturated carbocycles. The Morgan fingerprint density at radius 2 is 2.15 bits per heavy atom. The van der Waals surface area contributed by atoms with Crippen LogP contribution in [0.4, 0.5) is 0 Å². The lowest BCUT2D eigenvalue weighted by Crippen LogP contribution is -1.98. The van der Waals surface area contributed by atoms with Crippen molar-refractivity contribution in [3.63, 3.8) is 0 Å². The molecule has 0 fully saturated rings. The Morgan fingerprint density at radius 1 is 1.31 bits per heavy atom. The molecule has 1 heterocycles. The Morgan fingerprint density at radius 3 is 2.85 bits per heavy atom. The van der Waals surface area contributed by atoms with Crippen LogP contribution in [0.15, 0.2) is 30.6 Å². The zero-order valence-electron chi connectivity index (χ0n) is 7.78. The van der Waals surface area contributed by atoms with Gasteiger partial charge in [0.15, 0.2) is 0 Å². The second-order valence-corrected chi connectivity index (χ2v) is 3.10. The summed E-state index contributed by atoms with van der Waals surface area (Å²) in [4.78, 5) is 0. The molecule has 1 aromatic carbocycles. The van der Waals surface area contributed by atoms with Gasteiger partial charge in [-0.1, -0.05) is 12.1 Å². The zero-order chi connectivity index (χ0) is 9.26. The van der Waals surface area contributed by atoms with Crippen LogP contribution < -0.4 is 0 Å². The summed E-state index contributed by atoms with van der Waals surface area (Å²) in [6, 6.07) is 9.13. The Kier molecular flexibility index (Phi) is 1.89. The third kappa shape index (κ3) is 1.35. The van der Waals surface area contributed by atoms with Crippen LogP contribution in [0.25, 0.3) is 5.69 Å². The van der Waals surface area contributed by atoms with Crippen molar-refractivity contribution in [3.8, 4) is 5.69 Å². The lowest BCUT2D eigenvalue weighted by Gasteiger charge is -2.07. The van der Waals surface area contributed by atoms with E-state index < -0.39 is 0 Å². The van der Waals surface area contributed by atoms with Gasteiger partial charge >= 0.3 is 0 Å². The van der Waals surface area contributed by atoms with Crippen LogP contribution in [-0.4, -0.2) is 9.78 Å². The van der Waals surface area contributed by atoms with Crippen LogP contribution >= 0.6 is 0 Å². The molecule has 0 atom stereocenters. The number of hydrogen-bond acceptors (Lipinski definition) is 1. The molecule has 2 rings (SSSR count). The molecule has 0 bridgehead atoms. The molecule has 0 aliphatic rings. The Hall–Kier alpha value is -1.57. The molecule has 1 radical (unpaired) electrons. The van der Waals surface area contributed by atoms with Crippen molar-refractivity contribution in [3.05, 3.63) is 47.8 Å². The van der Waals surface area contributed by atoms with Gasteiger partial charge in [-0.2, -0.15) is 5.10 Å². The first-order chi connectivity index (χ1) is 6.29. The maximum Gasteiger partial charge on any atom is 0.0677 e. The summed E-state index contributed by atoms with van der Waals surface area (Å²) in [7, 11) is 0. The van der Waals surface area contributed by atoms with Crippen molar-refractivity contribution >= 4 is 0 Å². The molecule has 0 spiro atoms. The molecule has 0 amide bonds. The van der Waals surface area contributed by atoms with Crippen LogP contribution in [0, 0.1) is 19.9 Å². The smallest absolute Gasteiger partial charge is 0.0677 e. The van der Waals surface area contributed by atoms with Gasteiger partial charge in [-0.15, -0.1) is 0 Å². The van der Waals surface area contributed by atoms with E-state index in [0.717, 1.165) is 5.69 Å². The van der Waals surface area contributed by atoms with Crippen molar-refractivity contribution in [1.82, 2.24) is 9.78 Å². The maximum absolute atomic E-state index is 4.15. The van der Waals surface area contributed by atoms with Gasteiger partial charge in [0.1, 0.15) is 0 Å². The summed E-state index contributed by atoms with van der Waals surface area (Å²) in [6.07, 6.45) is 3.50. The summed E-state index contributed by atoms with van der Waals surface area (Å²) in [6.45, 7) is 4.21. The number of nitrogens with zero attached hydrogens (tertiary/aromatic N) is 2. The second-order valence-electron chi connectivity index (χ2n) is 3.10. The fraction of sp³-hybridized carbons (Fsp3) is 0.182. The van der Waals surface area contributed by atoms with Gasteiger partial charge in [0, 0.05) is 12.3 Å². The molecule has 2 nitrogen and oxygen atoms in total. The highest BCUT2D eigenvalue weighted by molar-refractivity contribution is 5.43. The third-order valence-electron chi connectivity index (χ3n) is 2.28. The molecule has 2 heteroatoms. The molecule has 0 aliphatic carbocycles. The molecule has 2 aromatic rings. The van der Waals surface area contributed by atoms with E-state index in [9.17, 15) is 0 Å². The zero-order valence-corrected chi connectivity index (χ0v) is 7.78. The fourth-order valence-corrected chi connectivity index (χ4v) is 1.35. The minimum absolute atomic E-state index is 1.13. The summed E-state index contributed by atoms with van der Waals surface area (Å²) in [5, 5.41) is 4.15. The molecular formula is C11H11N2. The monoisotopic (exact) mass is 171 g/mol. The van der Waals surface area contributed by atoms with Gasteiger partial charge < -0.3 is 0 Å². The third-order valence-corrected chi connectivity index (χ3v) is 2.28. The number of aromatic nitrogens is 2. The van der Waals surface area contributed by atoms with E-state index in [1.807, 2.05) is 16.9 Å². The van der Waals surface area contributed by atoms with Gasteiger partial charge in [-0.05, 0) is 31.0 Å². The average molecular weight is 171 g/mol. The van der Waals surface area contributed by atoms with Crippen molar-refractivity contribution < 1.29 is 0 Å². The predicted molar refractivity (Wildman–Crippen MR) is 51.9 cm³/mol. The summed E-state index contributed by atoms with van der Waals surface area (Å²) >= 11 is 0. The first-order valence-corrected chi connectivity index (χ1v) is 4.26. The molecule has 0 saturated heterocycles. The number of rotatable bonds is 1. The van der Waals surface area contributed by atoms with E-state index >= 15 is 0 Å². The molecular weight excluding hydrogens is 160 g/mol. The quantitative estimate of drug-likeness (QED) is 0.643. The van der Waals surface area contributed by atoms with Crippen LogP contribution in [0.2, 0.25) is 0 Å². The van der Waals surface area contributed by atoms with E-state index in [1.165, 1.54) is 11.1 Å². The normalized spacial score (nSPS) is 10.3. The molecule has 0 unspecified atom stereocenters. The Labute approximate surface area is 77.8 Å². The topological polar surface area (TPSA) is 17.8 Å². The van der Waals surface area contributed by atoms with E-state index in [-0.39, 0.29) is 0 Å². The van der Waals surface area contributed by atoms with Crippen molar-refractivity contribution in [2.75, 3.05) is 0 Å². The van der Waals surface area contributed by atoms with Crippen molar-refractivity contribution in [1.29, 1.82) is 0 Å². The lowest BCUT2D eigenvalue weighted by molar-refractivity contribution is 0.870. The summed E-state index contributed by atoms with van der Waals surface area (Å²) in [5.74, 6) is 0. The van der Waals surface area contributed by atoms with Crippen LogP contribution in [0.1, 0.15) is 11.1 Å². The number of aryl methyl sites for hydroxylation is 1. The standard InChI is InChI=1S/C11H11N2/c1-9-5-3-6-11(10(9)2)13-8-4-7-12-13/h3,5-8H,1-2H3. The summed E-state index contributed by atoms with van der Waals surface area (Å²) in [5.41, 5.74) is 3.67. The van der Waals surface area contributed by atoms with Crippen LogP contribution in [-0.2, 0) is 0 Å². The molecule has 13 heavy (non-hydrogen) atoms. The largest absolute Gasteiger partial charge is 0.240 e. The molecule has 65 valence electrons. The van der Waals surface area contributed by atoms with Gasteiger partial charge in [0.25, 0.3) is 0 Å². The van der Waals surface area contributed by atoms with E-state index in [2.05, 4.69) is 37.1 Å². The van der Waals surface area contributed by atoms with Gasteiger partial charge in [-0.25, -0.2) is 4.68 Å². The first-order valence-electron chi connectivity index (χ1n) is 4.26. The summed E-state index contributed by atoms with van der Waals surface area (Å²) < 4.78 is 1.84. The molecule has 1 aromatic heterocycles.